The highest BCUT2D eigenvalue weighted by Crippen LogP contribution is 2.27. The number of non-ortho nitro benzene ring substituents is 1. The summed E-state index contributed by atoms with van der Waals surface area (Å²) in [6.45, 7) is 6.08. The quantitative estimate of drug-likeness (QED) is 0.260. The minimum absolute atomic E-state index is 0.0255. The third kappa shape index (κ3) is 4.88. The minimum atomic E-state index is -0.455. The number of thioether (sulfide) groups is 1. The molecule has 1 aromatic heterocycles. The second kappa shape index (κ2) is 9.16. The Morgan fingerprint density at radius 2 is 2.07 bits per heavy atom. The van der Waals surface area contributed by atoms with Crippen molar-refractivity contribution >= 4 is 29.0 Å². The van der Waals surface area contributed by atoms with Gasteiger partial charge < -0.3 is 5.32 Å². The van der Waals surface area contributed by atoms with Crippen molar-refractivity contribution in [3.63, 3.8) is 0 Å². The average molecular weight is 409 g/mol. The van der Waals surface area contributed by atoms with E-state index in [-0.39, 0.29) is 17.3 Å². The van der Waals surface area contributed by atoms with Crippen LogP contribution in [0.1, 0.15) is 5.56 Å². The van der Waals surface area contributed by atoms with Gasteiger partial charge in [0.05, 0.1) is 10.7 Å². The normalized spacial score (nSPS) is 10.5. The molecule has 0 radical (unpaired) electrons. The third-order valence-corrected chi connectivity index (χ3v) is 5.06. The summed E-state index contributed by atoms with van der Waals surface area (Å²) in [5, 5.41) is 22.8. The monoisotopic (exact) mass is 409 g/mol. The van der Waals surface area contributed by atoms with Crippen LogP contribution in [0.3, 0.4) is 0 Å². The summed E-state index contributed by atoms with van der Waals surface area (Å²) < 4.78 is 1.78. The number of para-hydroxylation sites is 1. The molecule has 0 atom stereocenters. The Bertz CT molecular complexity index is 1060. The van der Waals surface area contributed by atoms with Gasteiger partial charge in [0.15, 0.2) is 11.0 Å². The number of nitrogens with one attached hydrogen (secondary N) is 1. The SMILES string of the molecule is C=CCn1c(SCC(=O)Nc2ccccc2C)nnc1-c1cccc([N+](=O)[O-])c1. The molecule has 0 spiro atoms. The van der Waals surface area contributed by atoms with Crippen LogP contribution >= 0.6 is 11.8 Å². The van der Waals surface area contributed by atoms with Crippen LogP contribution < -0.4 is 5.32 Å². The lowest BCUT2D eigenvalue weighted by Gasteiger charge is -2.09. The number of hydrogen-bond donors (Lipinski definition) is 1. The van der Waals surface area contributed by atoms with Crippen LogP contribution in [-0.4, -0.2) is 31.3 Å². The van der Waals surface area contributed by atoms with E-state index in [1.807, 2.05) is 31.2 Å². The molecule has 0 aliphatic carbocycles. The number of nitro groups is 1. The maximum Gasteiger partial charge on any atom is 0.270 e. The molecule has 1 amide bonds. The van der Waals surface area contributed by atoms with E-state index >= 15 is 0 Å². The number of benzene rings is 2. The third-order valence-electron chi connectivity index (χ3n) is 4.10. The molecule has 8 nitrogen and oxygen atoms in total. The van der Waals surface area contributed by atoms with Gasteiger partial charge in [-0.05, 0) is 18.6 Å². The summed E-state index contributed by atoms with van der Waals surface area (Å²) in [6.07, 6.45) is 1.68. The molecule has 0 bridgehead atoms. The van der Waals surface area contributed by atoms with Crippen molar-refractivity contribution in [3.8, 4) is 11.4 Å². The van der Waals surface area contributed by atoms with Gasteiger partial charge in [-0.25, -0.2) is 0 Å². The Morgan fingerprint density at radius 1 is 1.28 bits per heavy atom. The Morgan fingerprint density at radius 3 is 2.79 bits per heavy atom. The van der Waals surface area contributed by atoms with Crippen molar-refractivity contribution in [2.45, 2.75) is 18.6 Å². The first kappa shape index (κ1) is 20.3. The Balaban J connectivity index is 1.77. The van der Waals surface area contributed by atoms with E-state index in [1.54, 1.807) is 22.8 Å². The van der Waals surface area contributed by atoms with Gasteiger partial charge >= 0.3 is 0 Å². The Hall–Kier alpha value is -3.46. The fourth-order valence-electron chi connectivity index (χ4n) is 2.69. The molecular weight excluding hydrogens is 390 g/mol. The molecule has 9 heteroatoms. The zero-order chi connectivity index (χ0) is 20.8. The van der Waals surface area contributed by atoms with Crippen LogP contribution in [0.25, 0.3) is 11.4 Å². The lowest BCUT2D eigenvalue weighted by Crippen LogP contribution is -2.15. The highest BCUT2D eigenvalue weighted by atomic mass is 32.2. The van der Waals surface area contributed by atoms with Gasteiger partial charge in [0, 0.05) is 29.9 Å². The molecule has 0 aliphatic heterocycles. The molecule has 29 heavy (non-hydrogen) atoms. The summed E-state index contributed by atoms with van der Waals surface area (Å²) in [5.74, 6) is 0.475. The summed E-state index contributed by atoms with van der Waals surface area (Å²) in [7, 11) is 0. The number of hydrogen-bond acceptors (Lipinski definition) is 6. The van der Waals surface area contributed by atoms with Crippen molar-refractivity contribution in [1.82, 2.24) is 14.8 Å². The number of amides is 1. The van der Waals surface area contributed by atoms with E-state index < -0.39 is 4.92 Å². The number of nitro benzene ring substituents is 1. The van der Waals surface area contributed by atoms with Crippen LogP contribution in [0.2, 0.25) is 0 Å². The first-order chi connectivity index (χ1) is 14.0. The number of carbonyl (C=O) groups is 1. The Labute approximate surface area is 171 Å². The summed E-state index contributed by atoms with van der Waals surface area (Å²) in [5.41, 5.74) is 2.30. The van der Waals surface area contributed by atoms with Crippen LogP contribution in [0.15, 0.2) is 66.3 Å². The number of aryl methyl sites for hydroxylation is 1. The van der Waals surface area contributed by atoms with Gasteiger partial charge in [0.25, 0.3) is 5.69 Å². The van der Waals surface area contributed by atoms with Crippen molar-refractivity contribution in [2.24, 2.45) is 0 Å². The second-order valence-electron chi connectivity index (χ2n) is 6.16. The molecule has 0 unspecified atom stereocenters. The molecule has 3 rings (SSSR count). The number of carbonyl (C=O) groups excluding carboxylic acids is 1. The van der Waals surface area contributed by atoms with Crippen LogP contribution in [0.4, 0.5) is 11.4 Å². The van der Waals surface area contributed by atoms with Gasteiger partial charge in [0.2, 0.25) is 5.91 Å². The molecule has 0 aliphatic rings. The maximum absolute atomic E-state index is 12.3. The number of rotatable bonds is 8. The minimum Gasteiger partial charge on any atom is -0.325 e. The molecule has 1 N–H and O–H groups in total. The Kier molecular flexibility index (Phi) is 6.40. The highest BCUT2D eigenvalue weighted by molar-refractivity contribution is 7.99. The van der Waals surface area contributed by atoms with Gasteiger partial charge in [-0.1, -0.05) is 48.2 Å². The first-order valence-electron chi connectivity index (χ1n) is 8.77. The van der Waals surface area contributed by atoms with E-state index in [0.29, 0.717) is 23.1 Å². The molecule has 148 valence electrons. The fraction of sp³-hybridized carbons (Fsp3) is 0.150. The van der Waals surface area contributed by atoms with Gasteiger partial charge in [-0.15, -0.1) is 16.8 Å². The van der Waals surface area contributed by atoms with Crippen molar-refractivity contribution in [1.29, 1.82) is 0 Å². The number of allylic oxidation sites excluding steroid dienone is 1. The summed E-state index contributed by atoms with van der Waals surface area (Å²) in [6, 6.07) is 13.7. The van der Waals surface area contributed by atoms with Crippen LogP contribution in [0.5, 0.6) is 0 Å². The lowest BCUT2D eigenvalue weighted by atomic mass is 10.2. The van der Waals surface area contributed by atoms with Crippen molar-refractivity contribution in [2.75, 3.05) is 11.1 Å². The molecule has 0 fully saturated rings. The van der Waals surface area contributed by atoms with E-state index in [0.717, 1.165) is 11.3 Å². The topological polar surface area (TPSA) is 103 Å². The largest absolute Gasteiger partial charge is 0.325 e. The number of nitrogens with zero attached hydrogens (tertiary/aromatic N) is 4. The predicted molar refractivity (Wildman–Crippen MR) is 113 cm³/mol. The molecule has 3 aromatic rings. The van der Waals surface area contributed by atoms with E-state index in [4.69, 9.17) is 0 Å². The maximum atomic E-state index is 12.3. The molecule has 2 aromatic carbocycles. The fourth-order valence-corrected chi connectivity index (χ4v) is 3.44. The smallest absolute Gasteiger partial charge is 0.270 e. The van der Waals surface area contributed by atoms with E-state index in [1.165, 1.54) is 23.9 Å². The average Bonchev–Trinajstić information content (AvgIpc) is 3.11. The van der Waals surface area contributed by atoms with E-state index in [2.05, 4.69) is 22.1 Å². The highest BCUT2D eigenvalue weighted by Gasteiger charge is 2.17. The van der Waals surface area contributed by atoms with E-state index in [9.17, 15) is 14.9 Å². The lowest BCUT2D eigenvalue weighted by molar-refractivity contribution is -0.384. The molecule has 0 saturated heterocycles. The predicted octanol–water partition coefficient (Wildman–Crippen LogP) is 4.08. The van der Waals surface area contributed by atoms with Crippen LogP contribution in [0, 0.1) is 17.0 Å². The van der Waals surface area contributed by atoms with Crippen molar-refractivity contribution in [3.05, 3.63) is 76.9 Å². The molecule has 1 heterocycles. The summed E-state index contributed by atoms with van der Waals surface area (Å²) >= 11 is 1.24. The zero-order valence-corrected chi connectivity index (χ0v) is 16.6. The van der Waals surface area contributed by atoms with Gasteiger partial charge in [0.1, 0.15) is 0 Å². The van der Waals surface area contributed by atoms with Crippen molar-refractivity contribution < 1.29 is 9.72 Å². The number of anilines is 1. The van der Waals surface area contributed by atoms with Gasteiger partial charge in [-0.2, -0.15) is 0 Å². The summed E-state index contributed by atoms with van der Waals surface area (Å²) in [4.78, 5) is 22.9. The standard InChI is InChI=1S/C20H19N5O3S/c1-3-11-24-19(15-8-6-9-16(12-15)25(27)28)22-23-20(24)29-13-18(26)21-17-10-5-4-7-14(17)2/h3-10,12H,1,11,13H2,2H3,(H,21,26). The molecular formula is C20H19N5O3S. The molecule has 0 saturated carbocycles. The second-order valence-corrected chi connectivity index (χ2v) is 7.11. The zero-order valence-electron chi connectivity index (χ0n) is 15.7. The first-order valence-corrected chi connectivity index (χ1v) is 9.75. The van der Waals surface area contributed by atoms with Crippen LogP contribution in [-0.2, 0) is 11.3 Å². The number of aromatic nitrogens is 3. The van der Waals surface area contributed by atoms with Gasteiger partial charge in [-0.3, -0.25) is 19.5 Å².